The van der Waals surface area contributed by atoms with Gasteiger partial charge in [0.1, 0.15) is 0 Å². The Morgan fingerprint density at radius 3 is 1.13 bits per heavy atom. The fourth-order valence-electron chi connectivity index (χ4n) is 6.53. The molecule has 55 heavy (non-hydrogen) atoms. The van der Waals surface area contributed by atoms with Crippen LogP contribution in [0.5, 0.6) is 0 Å². The molecular formula is C48H31ClN6. The highest BCUT2D eigenvalue weighted by atomic mass is 35.5. The van der Waals surface area contributed by atoms with E-state index >= 15 is 0 Å². The lowest BCUT2D eigenvalue weighted by Gasteiger charge is -2.14. The summed E-state index contributed by atoms with van der Waals surface area (Å²) in [5.41, 5.74) is 9.16. The van der Waals surface area contributed by atoms with Gasteiger partial charge in [0, 0.05) is 33.4 Å². The van der Waals surface area contributed by atoms with Gasteiger partial charge >= 0.3 is 0 Å². The van der Waals surface area contributed by atoms with E-state index in [2.05, 4.69) is 30.3 Å². The van der Waals surface area contributed by atoms with Crippen LogP contribution in [-0.4, -0.2) is 29.9 Å². The van der Waals surface area contributed by atoms with Crippen LogP contribution in [0.15, 0.2) is 188 Å². The third-order valence-corrected chi connectivity index (χ3v) is 9.60. The highest BCUT2D eigenvalue weighted by Gasteiger charge is 2.19. The summed E-state index contributed by atoms with van der Waals surface area (Å²) < 4.78 is 0. The van der Waals surface area contributed by atoms with Crippen LogP contribution in [0.2, 0.25) is 5.02 Å². The second-order valence-electron chi connectivity index (χ2n) is 12.9. The molecular weight excluding hydrogens is 696 g/mol. The number of aromatic nitrogens is 6. The molecule has 2 aromatic heterocycles. The normalized spacial score (nSPS) is 11.0. The van der Waals surface area contributed by atoms with Crippen molar-refractivity contribution >= 4 is 11.6 Å². The molecule has 2 heterocycles. The van der Waals surface area contributed by atoms with Crippen molar-refractivity contribution in [3.8, 4) is 90.6 Å². The van der Waals surface area contributed by atoms with Gasteiger partial charge in [0.05, 0.1) is 5.02 Å². The molecule has 0 N–H and O–H groups in total. The van der Waals surface area contributed by atoms with Gasteiger partial charge in [-0.3, -0.25) is 0 Å². The summed E-state index contributed by atoms with van der Waals surface area (Å²) in [5, 5.41) is 0.507. The van der Waals surface area contributed by atoms with Gasteiger partial charge in [0.25, 0.3) is 0 Å². The minimum Gasteiger partial charge on any atom is -0.208 e. The molecule has 260 valence electrons. The van der Waals surface area contributed by atoms with Crippen molar-refractivity contribution in [1.82, 2.24) is 29.9 Å². The first-order valence-electron chi connectivity index (χ1n) is 17.9. The molecule has 0 spiro atoms. The van der Waals surface area contributed by atoms with E-state index < -0.39 is 0 Å². The summed E-state index contributed by atoms with van der Waals surface area (Å²) in [6.45, 7) is 0. The molecule has 0 aliphatic heterocycles. The standard InChI is InChI=1S/C48H31ClN6/c49-42-31-37(39-26-13-14-27-40(39)47-52-43(33-18-7-2-8-19-33)50-44(53-47)34-20-9-3-10-21-34)28-29-41(42)48-54-45(35-22-11-4-12-23-35)51-46(55-48)38-25-15-24-36(30-38)32-16-5-1-6-17-32/h1-31H. The molecule has 9 aromatic rings. The summed E-state index contributed by atoms with van der Waals surface area (Å²) in [5.74, 6) is 3.37. The Balaban J connectivity index is 1.14. The van der Waals surface area contributed by atoms with E-state index in [0.717, 1.165) is 50.1 Å². The quantitative estimate of drug-likeness (QED) is 0.155. The highest BCUT2D eigenvalue weighted by Crippen LogP contribution is 2.37. The van der Waals surface area contributed by atoms with Crippen LogP contribution < -0.4 is 0 Å². The molecule has 7 aromatic carbocycles. The minimum absolute atomic E-state index is 0.483. The van der Waals surface area contributed by atoms with Crippen molar-refractivity contribution in [3.63, 3.8) is 0 Å². The predicted molar refractivity (Wildman–Crippen MR) is 222 cm³/mol. The number of nitrogens with zero attached hydrogens (tertiary/aromatic N) is 6. The molecule has 0 atom stereocenters. The van der Waals surface area contributed by atoms with E-state index in [1.807, 2.05) is 158 Å². The topological polar surface area (TPSA) is 77.3 Å². The van der Waals surface area contributed by atoms with Crippen molar-refractivity contribution < 1.29 is 0 Å². The predicted octanol–water partition coefficient (Wildman–Crippen LogP) is 12.0. The van der Waals surface area contributed by atoms with E-state index in [1.54, 1.807) is 0 Å². The van der Waals surface area contributed by atoms with Gasteiger partial charge in [-0.2, -0.15) is 0 Å². The zero-order valence-electron chi connectivity index (χ0n) is 29.5. The lowest BCUT2D eigenvalue weighted by Crippen LogP contribution is -2.01. The SMILES string of the molecule is Clc1cc(-c2ccccc2-c2nc(-c3ccccc3)nc(-c3ccccc3)n2)ccc1-c1nc(-c2ccccc2)nc(-c2cccc(-c3ccccc3)c2)n1. The molecule has 0 aliphatic rings. The maximum atomic E-state index is 7.18. The van der Waals surface area contributed by atoms with Gasteiger partial charge in [-0.1, -0.05) is 181 Å². The van der Waals surface area contributed by atoms with E-state index in [4.69, 9.17) is 41.5 Å². The van der Waals surface area contributed by atoms with Gasteiger partial charge in [-0.05, 0) is 40.5 Å². The van der Waals surface area contributed by atoms with Crippen LogP contribution in [-0.2, 0) is 0 Å². The molecule has 0 amide bonds. The van der Waals surface area contributed by atoms with Crippen molar-refractivity contribution in [1.29, 1.82) is 0 Å². The number of rotatable bonds is 8. The Bertz CT molecular complexity index is 2700. The summed E-state index contributed by atoms with van der Waals surface area (Å²) in [4.78, 5) is 29.8. The molecule has 6 nitrogen and oxygen atoms in total. The molecule has 7 heteroatoms. The van der Waals surface area contributed by atoms with Gasteiger partial charge in [-0.25, -0.2) is 29.9 Å². The Morgan fingerprint density at radius 2 is 0.618 bits per heavy atom. The Morgan fingerprint density at radius 1 is 0.236 bits per heavy atom. The number of halogens is 1. The second-order valence-corrected chi connectivity index (χ2v) is 13.3. The zero-order chi connectivity index (χ0) is 37.0. The van der Waals surface area contributed by atoms with Crippen molar-refractivity contribution in [2.24, 2.45) is 0 Å². The maximum Gasteiger partial charge on any atom is 0.165 e. The molecule has 0 unspecified atom stereocenters. The lowest BCUT2D eigenvalue weighted by atomic mass is 9.97. The van der Waals surface area contributed by atoms with E-state index in [1.165, 1.54) is 0 Å². The largest absolute Gasteiger partial charge is 0.208 e. The van der Waals surface area contributed by atoms with Gasteiger partial charge in [0.15, 0.2) is 34.9 Å². The van der Waals surface area contributed by atoms with Gasteiger partial charge in [-0.15, -0.1) is 0 Å². The highest BCUT2D eigenvalue weighted by molar-refractivity contribution is 6.33. The van der Waals surface area contributed by atoms with Gasteiger partial charge in [0.2, 0.25) is 0 Å². The summed E-state index contributed by atoms with van der Waals surface area (Å²) in [7, 11) is 0. The van der Waals surface area contributed by atoms with Crippen LogP contribution in [0.1, 0.15) is 0 Å². The smallest absolute Gasteiger partial charge is 0.165 e. The Labute approximate surface area is 324 Å². The summed E-state index contributed by atoms with van der Waals surface area (Å²) in [6, 6.07) is 62.5. The second kappa shape index (κ2) is 15.1. The first kappa shape index (κ1) is 33.7. The van der Waals surface area contributed by atoms with Crippen LogP contribution in [0.4, 0.5) is 0 Å². The van der Waals surface area contributed by atoms with Crippen LogP contribution in [0.25, 0.3) is 90.6 Å². The minimum atomic E-state index is 0.483. The summed E-state index contributed by atoms with van der Waals surface area (Å²) in [6.07, 6.45) is 0. The van der Waals surface area contributed by atoms with Crippen LogP contribution in [0.3, 0.4) is 0 Å². The number of benzene rings is 7. The molecule has 0 radical (unpaired) electrons. The van der Waals surface area contributed by atoms with E-state index in [-0.39, 0.29) is 0 Å². The Kier molecular flexibility index (Phi) is 9.22. The van der Waals surface area contributed by atoms with Gasteiger partial charge < -0.3 is 0 Å². The Hall–Kier alpha value is -7.15. The number of hydrogen-bond donors (Lipinski definition) is 0. The van der Waals surface area contributed by atoms with Crippen molar-refractivity contribution in [3.05, 3.63) is 193 Å². The molecule has 0 saturated carbocycles. The molecule has 0 aliphatic carbocycles. The lowest BCUT2D eigenvalue weighted by molar-refractivity contribution is 1.07. The number of hydrogen-bond acceptors (Lipinski definition) is 6. The average molecular weight is 727 g/mol. The first-order chi connectivity index (χ1) is 27.2. The van der Waals surface area contributed by atoms with Crippen molar-refractivity contribution in [2.45, 2.75) is 0 Å². The maximum absolute atomic E-state index is 7.18. The molecule has 9 rings (SSSR count). The fourth-order valence-corrected chi connectivity index (χ4v) is 6.80. The van der Waals surface area contributed by atoms with Crippen LogP contribution in [0, 0.1) is 0 Å². The van der Waals surface area contributed by atoms with Crippen molar-refractivity contribution in [2.75, 3.05) is 0 Å². The molecule has 0 saturated heterocycles. The average Bonchev–Trinajstić information content (AvgIpc) is 3.27. The summed E-state index contributed by atoms with van der Waals surface area (Å²) >= 11 is 7.18. The van der Waals surface area contributed by atoms with E-state index in [0.29, 0.717) is 45.5 Å². The fraction of sp³-hybridized carbons (Fsp3) is 0. The third-order valence-electron chi connectivity index (χ3n) is 9.28. The monoisotopic (exact) mass is 726 g/mol. The zero-order valence-corrected chi connectivity index (χ0v) is 30.2. The van der Waals surface area contributed by atoms with E-state index in [9.17, 15) is 0 Å². The molecule has 0 fully saturated rings. The van der Waals surface area contributed by atoms with Crippen LogP contribution >= 0.6 is 11.6 Å². The molecule has 0 bridgehead atoms. The first-order valence-corrected chi connectivity index (χ1v) is 18.3. The third kappa shape index (κ3) is 7.14.